The lowest BCUT2D eigenvalue weighted by Crippen LogP contribution is -2.21. The third-order valence-corrected chi connectivity index (χ3v) is 7.10. The molecule has 2 aromatic carbocycles. The second-order valence-corrected chi connectivity index (χ2v) is 9.93. The molecule has 3 aromatic heterocycles. The third kappa shape index (κ3) is 5.88. The largest absolute Gasteiger partial charge is 0.494 e. The number of hydrogen-bond donors (Lipinski definition) is 3. The first-order valence-corrected chi connectivity index (χ1v) is 13.6. The molecule has 1 atom stereocenters. The summed E-state index contributed by atoms with van der Waals surface area (Å²) in [7, 11) is 3.02. The Morgan fingerprint density at radius 1 is 1.05 bits per heavy atom. The Bertz CT molecular complexity index is 1850. The Morgan fingerprint density at radius 2 is 1.88 bits per heavy atom. The summed E-state index contributed by atoms with van der Waals surface area (Å²) in [4.78, 5) is 25.7. The smallest absolute Gasteiger partial charge is 0.284 e. The summed E-state index contributed by atoms with van der Waals surface area (Å²) in [5.41, 5.74) is 2.94. The van der Waals surface area contributed by atoms with Crippen molar-refractivity contribution in [3.8, 4) is 23.0 Å². The van der Waals surface area contributed by atoms with Gasteiger partial charge in [0.2, 0.25) is 0 Å². The lowest BCUT2D eigenvalue weighted by atomic mass is 10.1. The second kappa shape index (κ2) is 11.9. The number of carbonyl (C=O) groups excluding carboxylic acids is 1. The number of halogens is 1. The summed E-state index contributed by atoms with van der Waals surface area (Å²) in [5, 5.41) is 13.8. The first-order valence-electron chi connectivity index (χ1n) is 13.6. The minimum Gasteiger partial charge on any atom is -0.494 e. The first-order chi connectivity index (χ1) is 20.9. The van der Waals surface area contributed by atoms with Crippen LogP contribution in [0.25, 0.3) is 16.6 Å². The van der Waals surface area contributed by atoms with Crippen LogP contribution < -0.4 is 30.2 Å². The number of benzene rings is 2. The van der Waals surface area contributed by atoms with Crippen LogP contribution in [0.2, 0.25) is 0 Å². The normalized spacial score (nSPS) is 15.1. The topological polar surface area (TPSA) is 137 Å². The summed E-state index contributed by atoms with van der Waals surface area (Å²) < 4.78 is 33.6. The van der Waals surface area contributed by atoms with Crippen LogP contribution in [0.4, 0.5) is 21.6 Å². The zero-order valence-corrected chi connectivity index (χ0v) is 23.7. The molecule has 220 valence electrons. The van der Waals surface area contributed by atoms with Crippen LogP contribution in [0.1, 0.15) is 18.4 Å². The number of hydrogen-bond acceptors (Lipinski definition) is 10. The molecule has 1 saturated heterocycles. The molecule has 0 aliphatic carbocycles. The molecule has 0 spiro atoms. The van der Waals surface area contributed by atoms with Gasteiger partial charge in [0.1, 0.15) is 41.5 Å². The monoisotopic (exact) mass is 584 g/mol. The van der Waals surface area contributed by atoms with Gasteiger partial charge in [-0.1, -0.05) is 0 Å². The zero-order chi connectivity index (χ0) is 29.9. The quantitative estimate of drug-likeness (QED) is 0.201. The molecule has 6 rings (SSSR count). The molecule has 3 N–H and O–H groups in total. The van der Waals surface area contributed by atoms with Gasteiger partial charge < -0.3 is 30.2 Å². The maximum Gasteiger partial charge on any atom is 0.284 e. The molecule has 0 bridgehead atoms. The van der Waals surface area contributed by atoms with Crippen LogP contribution in [-0.2, 0) is 4.79 Å². The van der Waals surface area contributed by atoms with Crippen LogP contribution in [0, 0.1) is 6.92 Å². The van der Waals surface area contributed by atoms with Crippen molar-refractivity contribution in [2.45, 2.75) is 25.8 Å². The Morgan fingerprint density at radius 3 is 2.67 bits per heavy atom. The number of ether oxygens (including phenoxy) is 3. The lowest BCUT2D eigenvalue weighted by Gasteiger charge is -2.17. The van der Waals surface area contributed by atoms with E-state index in [2.05, 4.69) is 36.0 Å². The number of fused-ring (bicyclic) bond motifs is 2. The summed E-state index contributed by atoms with van der Waals surface area (Å²) in [6.45, 7) is 2.71. The van der Waals surface area contributed by atoms with Crippen molar-refractivity contribution in [1.29, 1.82) is 0 Å². The SMILES string of the molecule is COc1cc2ncnc(Nc3cc(C)c(Oc4ccn5ncnc5c4)cc3OC)c2cc1NC(=O)/C(F)=C/[C@H]1CCCN1. The predicted octanol–water partition coefficient (Wildman–Crippen LogP) is 5.08. The molecule has 13 heteroatoms. The highest BCUT2D eigenvalue weighted by Gasteiger charge is 2.19. The summed E-state index contributed by atoms with van der Waals surface area (Å²) in [6.07, 6.45) is 7.68. The molecule has 1 aliphatic heterocycles. The summed E-state index contributed by atoms with van der Waals surface area (Å²) in [5.74, 6) is 0.737. The van der Waals surface area contributed by atoms with Gasteiger partial charge in [-0.15, -0.1) is 0 Å². The second-order valence-electron chi connectivity index (χ2n) is 9.93. The molecule has 4 heterocycles. The minimum absolute atomic E-state index is 0.166. The van der Waals surface area contributed by atoms with Crippen molar-refractivity contribution in [3.63, 3.8) is 0 Å². The molecule has 0 saturated carbocycles. The fraction of sp³-hybridized carbons (Fsp3) is 0.233. The number of pyridine rings is 1. The summed E-state index contributed by atoms with van der Waals surface area (Å²) in [6, 6.07) is 10.4. The number of amides is 1. The van der Waals surface area contributed by atoms with Gasteiger partial charge in [0.05, 0.1) is 31.1 Å². The fourth-order valence-corrected chi connectivity index (χ4v) is 4.90. The molecule has 1 aliphatic rings. The van der Waals surface area contributed by atoms with Crippen LogP contribution in [0.15, 0.2) is 67.2 Å². The van der Waals surface area contributed by atoms with Gasteiger partial charge >= 0.3 is 0 Å². The van der Waals surface area contributed by atoms with Crippen molar-refractivity contribution in [2.75, 3.05) is 31.4 Å². The molecule has 43 heavy (non-hydrogen) atoms. The maximum absolute atomic E-state index is 14.7. The average Bonchev–Trinajstić information content (AvgIpc) is 3.70. The van der Waals surface area contributed by atoms with E-state index >= 15 is 0 Å². The zero-order valence-electron chi connectivity index (χ0n) is 23.7. The number of aryl methyl sites for hydroxylation is 1. The van der Waals surface area contributed by atoms with Gasteiger partial charge in [0.25, 0.3) is 5.91 Å². The molecular formula is C30H29FN8O4. The van der Waals surface area contributed by atoms with Crippen molar-refractivity contribution in [3.05, 3.63) is 72.7 Å². The number of methoxy groups -OCH3 is 2. The van der Waals surface area contributed by atoms with Gasteiger partial charge in [0, 0.05) is 35.8 Å². The standard InChI is InChI=1S/C30H29FN8O4/c1-17-9-23(27(42-3)14-25(17)43-19-6-8-39-28(11-19)34-16-36-39)37-29-20-12-24(26(41-2)13-22(20)33-15-35-29)38-30(40)21(31)10-18-5-4-7-32-18/h6,8-16,18,32H,4-5,7H2,1-3H3,(H,38,40)(H,33,35,37)/b21-10-/t18-/m1/s1. The molecule has 1 amide bonds. The van der Waals surface area contributed by atoms with Crippen LogP contribution in [0.3, 0.4) is 0 Å². The van der Waals surface area contributed by atoms with Crippen LogP contribution in [0.5, 0.6) is 23.0 Å². The van der Waals surface area contributed by atoms with E-state index in [4.69, 9.17) is 14.2 Å². The van der Waals surface area contributed by atoms with E-state index in [1.54, 1.807) is 48.2 Å². The summed E-state index contributed by atoms with van der Waals surface area (Å²) >= 11 is 0. The predicted molar refractivity (Wildman–Crippen MR) is 159 cm³/mol. The van der Waals surface area contributed by atoms with E-state index in [0.29, 0.717) is 51.1 Å². The van der Waals surface area contributed by atoms with Crippen molar-refractivity contribution < 1.29 is 23.4 Å². The van der Waals surface area contributed by atoms with E-state index in [0.717, 1.165) is 24.9 Å². The van der Waals surface area contributed by atoms with Crippen molar-refractivity contribution >= 4 is 39.6 Å². The Labute approximate surface area is 245 Å². The van der Waals surface area contributed by atoms with Gasteiger partial charge in [-0.3, -0.25) is 4.79 Å². The number of aromatic nitrogens is 5. The number of nitrogens with one attached hydrogen (secondary N) is 3. The van der Waals surface area contributed by atoms with Crippen molar-refractivity contribution in [1.82, 2.24) is 29.9 Å². The highest BCUT2D eigenvalue weighted by Crippen LogP contribution is 2.39. The van der Waals surface area contributed by atoms with Gasteiger partial charge in [-0.05, 0) is 56.1 Å². The number of rotatable bonds is 9. The van der Waals surface area contributed by atoms with Gasteiger partial charge in [-0.25, -0.2) is 23.9 Å². The Hall–Kier alpha value is -5.30. The van der Waals surface area contributed by atoms with E-state index < -0.39 is 11.7 Å². The van der Waals surface area contributed by atoms with E-state index in [1.165, 1.54) is 25.8 Å². The first kappa shape index (κ1) is 27.8. The van der Waals surface area contributed by atoms with E-state index in [-0.39, 0.29) is 11.7 Å². The Kier molecular flexibility index (Phi) is 7.71. The van der Waals surface area contributed by atoms with Crippen LogP contribution >= 0.6 is 0 Å². The molecule has 0 unspecified atom stereocenters. The molecule has 5 aromatic rings. The number of carbonyl (C=O) groups is 1. The molecular weight excluding hydrogens is 555 g/mol. The fourth-order valence-electron chi connectivity index (χ4n) is 4.90. The van der Waals surface area contributed by atoms with Crippen molar-refractivity contribution in [2.24, 2.45) is 0 Å². The van der Waals surface area contributed by atoms with E-state index in [9.17, 15) is 9.18 Å². The lowest BCUT2D eigenvalue weighted by molar-refractivity contribution is -0.114. The van der Waals surface area contributed by atoms with Gasteiger partial charge in [-0.2, -0.15) is 5.10 Å². The molecule has 12 nitrogen and oxygen atoms in total. The Balaban J connectivity index is 1.29. The molecule has 1 fully saturated rings. The molecule has 0 radical (unpaired) electrons. The number of anilines is 3. The average molecular weight is 585 g/mol. The van der Waals surface area contributed by atoms with Crippen LogP contribution in [-0.4, -0.2) is 57.3 Å². The maximum atomic E-state index is 14.7. The van der Waals surface area contributed by atoms with Gasteiger partial charge in [0.15, 0.2) is 11.5 Å². The highest BCUT2D eigenvalue weighted by molar-refractivity contribution is 6.05. The minimum atomic E-state index is -0.867. The highest BCUT2D eigenvalue weighted by atomic mass is 19.1. The van der Waals surface area contributed by atoms with E-state index in [1.807, 2.05) is 13.0 Å². The third-order valence-electron chi connectivity index (χ3n) is 7.10. The number of nitrogens with zero attached hydrogens (tertiary/aromatic N) is 5.